The van der Waals surface area contributed by atoms with Crippen molar-refractivity contribution in [2.45, 2.75) is 39.3 Å². The number of rotatable bonds is 2. The first kappa shape index (κ1) is 12.4. The fourth-order valence-corrected chi connectivity index (χ4v) is 1.14. The SMILES string of the molecule is CC(NC(=O)OC(C)(C)C)c1cc(=O)[nH][nH]1. The molecule has 1 heterocycles. The van der Waals surface area contributed by atoms with Gasteiger partial charge in [-0.2, -0.15) is 0 Å². The van der Waals surface area contributed by atoms with Gasteiger partial charge in [-0.1, -0.05) is 0 Å². The van der Waals surface area contributed by atoms with E-state index in [0.29, 0.717) is 5.69 Å². The summed E-state index contributed by atoms with van der Waals surface area (Å²) in [6.07, 6.45) is -0.512. The summed E-state index contributed by atoms with van der Waals surface area (Å²) in [5.41, 5.74) is -0.154. The minimum absolute atomic E-state index is 0.229. The summed E-state index contributed by atoms with van der Waals surface area (Å²) in [4.78, 5) is 22.3. The summed E-state index contributed by atoms with van der Waals surface area (Å²) in [6, 6.07) is 1.08. The molecule has 1 unspecified atom stereocenters. The lowest BCUT2D eigenvalue weighted by Gasteiger charge is -2.21. The Hall–Kier alpha value is -1.72. The van der Waals surface area contributed by atoms with E-state index in [2.05, 4.69) is 15.5 Å². The van der Waals surface area contributed by atoms with Crippen LogP contribution in [0.1, 0.15) is 39.4 Å². The van der Waals surface area contributed by atoms with Gasteiger partial charge in [0.05, 0.1) is 11.7 Å². The number of aromatic amines is 2. The third-order valence-electron chi connectivity index (χ3n) is 1.82. The van der Waals surface area contributed by atoms with E-state index in [1.165, 1.54) is 6.07 Å². The number of aromatic nitrogens is 2. The van der Waals surface area contributed by atoms with Gasteiger partial charge in [0.1, 0.15) is 5.60 Å². The number of hydrogen-bond donors (Lipinski definition) is 3. The molecule has 0 aromatic carbocycles. The third kappa shape index (κ3) is 3.80. The highest BCUT2D eigenvalue weighted by molar-refractivity contribution is 5.68. The van der Waals surface area contributed by atoms with Crippen molar-refractivity contribution in [2.75, 3.05) is 0 Å². The predicted octanol–water partition coefficient (Wildman–Crippen LogP) is 1.29. The Balaban J connectivity index is 2.55. The number of carbonyl (C=O) groups excluding carboxylic acids is 1. The van der Waals surface area contributed by atoms with Crippen molar-refractivity contribution in [3.05, 3.63) is 22.1 Å². The lowest BCUT2D eigenvalue weighted by Crippen LogP contribution is -2.34. The Morgan fingerprint density at radius 1 is 1.44 bits per heavy atom. The standard InChI is InChI=1S/C10H17N3O3/c1-6(7-5-8(14)13-12-7)11-9(15)16-10(2,3)4/h5-6H,1-4H3,(H,11,15)(H2,12,13,14). The second-order valence-electron chi connectivity index (χ2n) is 4.58. The Bertz CT molecular complexity index is 413. The number of hydrogen-bond acceptors (Lipinski definition) is 3. The van der Waals surface area contributed by atoms with E-state index in [1.54, 1.807) is 27.7 Å². The molecule has 1 aromatic rings. The second-order valence-corrected chi connectivity index (χ2v) is 4.58. The molecule has 1 amide bonds. The summed E-state index contributed by atoms with van der Waals surface area (Å²) in [5, 5.41) is 7.68. The molecule has 0 fully saturated rings. The van der Waals surface area contributed by atoms with Crippen LogP contribution < -0.4 is 10.9 Å². The zero-order valence-corrected chi connectivity index (χ0v) is 9.88. The number of alkyl carbamates (subject to hydrolysis) is 1. The van der Waals surface area contributed by atoms with E-state index in [0.717, 1.165) is 0 Å². The Kier molecular flexibility index (Phi) is 3.41. The van der Waals surface area contributed by atoms with E-state index in [1.807, 2.05) is 0 Å². The fraction of sp³-hybridized carbons (Fsp3) is 0.600. The van der Waals surface area contributed by atoms with E-state index in [-0.39, 0.29) is 11.6 Å². The molecule has 0 bridgehead atoms. The Morgan fingerprint density at radius 2 is 2.06 bits per heavy atom. The largest absolute Gasteiger partial charge is 0.444 e. The van der Waals surface area contributed by atoms with E-state index >= 15 is 0 Å². The quantitative estimate of drug-likeness (QED) is 0.711. The minimum atomic E-state index is -0.532. The first-order chi connectivity index (χ1) is 7.28. The first-order valence-electron chi connectivity index (χ1n) is 5.05. The summed E-state index contributed by atoms with van der Waals surface area (Å²) in [7, 11) is 0. The predicted molar refractivity (Wildman–Crippen MR) is 59.2 cm³/mol. The molecule has 3 N–H and O–H groups in total. The molecule has 0 spiro atoms. The minimum Gasteiger partial charge on any atom is -0.444 e. The molecule has 1 rings (SSSR count). The molecule has 6 heteroatoms. The van der Waals surface area contributed by atoms with Gasteiger partial charge in [0.15, 0.2) is 0 Å². The molecule has 16 heavy (non-hydrogen) atoms. The first-order valence-corrected chi connectivity index (χ1v) is 5.05. The highest BCUT2D eigenvalue weighted by Gasteiger charge is 2.18. The van der Waals surface area contributed by atoms with Gasteiger partial charge in [0, 0.05) is 6.07 Å². The molecule has 0 aliphatic carbocycles. The highest BCUT2D eigenvalue weighted by atomic mass is 16.6. The third-order valence-corrected chi connectivity index (χ3v) is 1.82. The van der Waals surface area contributed by atoms with Crippen molar-refractivity contribution in [3.8, 4) is 0 Å². The van der Waals surface area contributed by atoms with Gasteiger partial charge in [0.25, 0.3) is 5.56 Å². The van der Waals surface area contributed by atoms with Gasteiger partial charge >= 0.3 is 6.09 Å². The number of carbonyl (C=O) groups is 1. The van der Waals surface area contributed by atoms with Gasteiger partial charge in [-0.3, -0.25) is 9.89 Å². The normalized spacial score (nSPS) is 13.2. The lowest BCUT2D eigenvalue weighted by molar-refractivity contribution is 0.0507. The molecule has 0 aliphatic rings. The number of amides is 1. The van der Waals surface area contributed by atoms with E-state index in [4.69, 9.17) is 4.74 Å². The molecule has 90 valence electrons. The smallest absolute Gasteiger partial charge is 0.408 e. The lowest BCUT2D eigenvalue weighted by atomic mass is 10.2. The zero-order chi connectivity index (χ0) is 12.3. The second kappa shape index (κ2) is 4.42. The van der Waals surface area contributed by atoms with Crippen molar-refractivity contribution in [2.24, 2.45) is 0 Å². The number of ether oxygens (including phenoxy) is 1. The highest BCUT2D eigenvalue weighted by Crippen LogP contribution is 2.10. The molecular weight excluding hydrogens is 210 g/mol. The maximum Gasteiger partial charge on any atom is 0.408 e. The van der Waals surface area contributed by atoms with Crippen LogP contribution in [0.3, 0.4) is 0 Å². The van der Waals surface area contributed by atoms with Gasteiger partial charge in [-0.05, 0) is 27.7 Å². The van der Waals surface area contributed by atoms with Crippen LogP contribution in [0, 0.1) is 0 Å². The van der Waals surface area contributed by atoms with Crippen LogP contribution in [0.5, 0.6) is 0 Å². The molecular formula is C10H17N3O3. The molecule has 1 aromatic heterocycles. The number of H-pyrrole nitrogens is 2. The van der Waals surface area contributed by atoms with Crippen molar-refractivity contribution in [1.29, 1.82) is 0 Å². The molecule has 0 saturated heterocycles. The van der Waals surface area contributed by atoms with Crippen LogP contribution in [0.2, 0.25) is 0 Å². The van der Waals surface area contributed by atoms with Crippen LogP contribution in [0.15, 0.2) is 10.9 Å². The van der Waals surface area contributed by atoms with Gasteiger partial charge in [0.2, 0.25) is 0 Å². The Labute approximate surface area is 93.4 Å². The van der Waals surface area contributed by atoms with Crippen molar-refractivity contribution < 1.29 is 9.53 Å². The molecule has 1 atom stereocenters. The summed E-state index contributed by atoms with van der Waals surface area (Å²) in [6.45, 7) is 7.11. The maximum atomic E-state index is 11.4. The topological polar surface area (TPSA) is 87.0 Å². The molecule has 6 nitrogen and oxygen atoms in total. The summed E-state index contributed by atoms with van der Waals surface area (Å²) in [5.74, 6) is 0. The van der Waals surface area contributed by atoms with Crippen molar-refractivity contribution in [3.63, 3.8) is 0 Å². The van der Waals surface area contributed by atoms with Gasteiger partial charge in [-0.15, -0.1) is 0 Å². The van der Waals surface area contributed by atoms with E-state index in [9.17, 15) is 9.59 Å². The van der Waals surface area contributed by atoms with Crippen LogP contribution in [-0.4, -0.2) is 21.9 Å². The summed E-state index contributed by atoms with van der Waals surface area (Å²) >= 11 is 0. The van der Waals surface area contributed by atoms with Gasteiger partial charge in [-0.25, -0.2) is 4.79 Å². The average molecular weight is 227 g/mol. The Morgan fingerprint density at radius 3 is 2.50 bits per heavy atom. The molecule has 0 aliphatic heterocycles. The molecule has 0 saturated carbocycles. The summed E-state index contributed by atoms with van der Waals surface area (Å²) < 4.78 is 5.08. The monoisotopic (exact) mass is 227 g/mol. The maximum absolute atomic E-state index is 11.4. The number of nitrogens with one attached hydrogen (secondary N) is 3. The fourth-order valence-electron chi connectivity index (χ4n) is 1.14. The van der Waals surface area contributed by atoms with Crippen LogP contribution >= 0.6 is 0 Å². The van der Waals surface area contributed by atoms with E-state index < -0.39 is 11.7 Å². The van der Waals surface area contributed by atoms with Crippen LogP contribution in [0.4, 0.5) is 4.79 Å². The van der Waals surface area contributed by atoms with Crippen LogP contribution in [-0.2, 0) is 4.74 Å². The zero-order valence-electron chi connectivity index (χ0n) is 9.88. The van der Waals surface area contributed by atoms with Crippen LogP contribution in [0.25, 0.3) is 0 Å². The average Bonchev–Trinajstić information content (AvgIpc) is 2.47. The van der Waals surface area contributed by atoms with Gasteiger partial charge < -0.3 is 15.2 Å². The molecule has 0 radical (unpaired) electrons. The van der Waals surface area contributed by atoms with Crippen molar-refractivity contribution in [1.82, 2.24) is 15.5 Å². The van der Waals surface area contributed by atoms with Crippen molar-refractivity contribution >= 4 is 6.09 Å².